The van der Waals surface area contributed by atoms with Gasteiger partial charge in [0.2, 0.25) is 0 Å². The van der Waals surface area contributed by atoms with Gasteiger partial charge < -0.3 is 15.4 Å². The first-order chi connectivity index (χ1) is 9.19. The Morgan fingerprint density at radius 3 is 3.05 bits per heavy atom. The number of H-pyrrole nitrogens is 1. The molecule has 1 saturated carbocycles. The number of aromatic amines is 1. The Morgan fingerprint density at radius 1 is 1.47 bits per heavy atom. The summed E-state index contributed by atoms with van der Waals surface area (Å²) in [5.74, 6) is 0.979. The van der Waals surface area contributed by atoms with Gasteiger partial charge in [0.05, 0.1) is 11.8 Å². The second-order valence-electron chi connectivity index (χ2n) is 5.45. The van der Waals surface area contributed by atoms with Crippen LogP contribution in [-0.4, -0.2) is 27.2 Å². The summed E-state index contributed by atoms with van der Waals surface area (Å²) in [6.45, 7) is 2.87. The van der Waals surface area contributed by atoms with E-state index in [1.807, 2.05) is 0 Å². The topological polar surface area (TPSA) is 60.9 Å². The van der Waals surface area contributed by atoms with Gasteiger partial charge in [-0.25, -0.2) is 4.98 Å². The van der Waals surface area contributed by atoms with Gasteiger partial charge >= 0.3 is 0 Å². The zero-order valence-corrected chi connectivity index (χ0v) is 12.3. The minimum Gasteiger partial charge on any atom is -0.393 e. The van der Waals surface area contributed by atoms with Crippen molar-refractivity contribution in [2.24, 2.45) is 0 Å². The first-order valence-electron chi connectivity index (χ1n) is 7.33. The van der Waals surface area contributed by atoms with Crippen LogP contribution in [0, 0.1) is 0 Å². The molecule has 0 aromatic carbocycles. The number of nitrogens with one attached hydrogen (secondary N) is 2. The lowest BCUT2D eigenvalue weighted by atomic mass is 9.93. The van der Waals surface area contributed by atoms with Crippen molar-refractivity contribution in [2.45, 2.75) is 70.6 Å². The summed E-state index contributed by atoms with van der Waals surface area (Å²) < 4.78 is 0. The van der Waals surface area contributed by atoms with Crippen LogP contribution in [0.25, 0.3) is 0 Å². The summed E-state index contributed by atoms with van der Waals surface area (Å²) >= 11 is 6.14. The van der Waals surface area contributed by atoms with Gasteiger partial charge in [-0.1, -0.05) is 24.9 Å². The number of imidazole rings is 1. The Bertz CT molecular complexity index is 394. The molecule has 0 saturated heterocycles. The molecule has 0 radical (unpaired) electrons. The maximum Gasteiger partial charge on any atom is 0.151 e. The molecule has 1 fully saturated rings. The summed E-state index contributed by atoms with van der Waals surface area (Å²) in [5.41, 5.74) is 0.966. The third-order valence-electron chi connectivity index (χ3n) is 3.76. The summed E-state index contributed by atoms with van der Waals surface area (Å²) in [6.07, 6.45) is 7.10. The van der Waals surface area contributed by atoms with Crippen molar-refractivity contribution in [2.75, 3.05) is 0 Å². The van der Waals surface area contributed by atoms with Gasteiger partial charge in [-0.2, -0.15) is 0 Å². The Morgan fingerprint density at radius 2 is 2.32 bits per heavy atom. The standard InChI is InChI=1S/C14H24ClN3O/c1-2-3-7-13-17-12(14(15)18-13)9-16-10-5-4-6-11(19)8-10/h10-11,16,19H,2-9H2,1H3,(H,17,18). The fourth-order valence-corrected chi connectivity index (χ4v) is 2.83. The number of aryl methyl sites for hydroxylation is 1. The molecule has 108 valence electrons. The molecule has 1 aliphatic rings. The monoisotopic (exact) mass is 285 g/mol. The number of rotatable bonds is 6. The number of aliphatic hydroxyl groups excluding tert-OH is 1. The molecule has 0 bridgehead atoms. The zero-order valence-electron chi connectivity index (χ0n) is 11.6. The van der Waals surface area contributed by atoms with Crippen LogP contribution >= 0.6 is 11.6 Å². The molecule has 2 atom stereocenters. The van der Waals surface area contributed by atoms with Gasteiger partial charge in [-0.05, 0) is 32.1 Å². The van der Waals surface area contributed by atoms with Crippen LogP contribution in [0.5, 0.6) is 0 Å². The second kappa shape index (κ2) is 7.27. The van der Waals surface area contributed by atoms with E-state index >= 15 is 0 Å². The number of hydrogen-bond acceptors (Lipinski definition) is 3. The minimum absolute atomic E-state index is 0.149. The van der Waals surface area contributed by atoms with Crippen molar-refractivity contribution in [3.63, 3.8) is 0 Å². The van der Waals surface area contributed by atoms with Gasteiger partial charge in [0.25, 0.3) is 0 Å². The van der Waals surface area contributed by atoms with Crippen LogP contribution in [0.1, 0.15) is 57.0 Å². The number of hydrogen-bond donors (Lipinski definition) is 3. The molecule has 1 aliphatic carbocycles. The van der Waals surface area contributed by atoms with E-state index in [1.165, 1.54) is 0 Å². The fourth-order valence-electron chi connectivity index (χ4n) is 2.62. The Hall–Kier alpha value is -0.580. The Kier molecular flexibility index (Phi) is 5.67. The predicted molar refractivity (Wildman–Crippen MR) is 77.3 cm³/mol. The van der Waals surface area contributed by atoms with E-state index in [-0.39, 0.29) is 6.10 Å². The lowest BCUT2D eigenvalue weighted by Gasteiger charge is -2.26. The Labute approximate surface area is 120 Å². The lowest BCUT2D eigenvalue weighted by Crippen LogP contribution is -2.35. The van der Waals surface area contributed by atoms with Crippen LogP contribution < -0.4 is 5.32 Å². The third kappa shape index (κ3) is 4.48. The van der Waals surface area contributed by atoms with Crippen molar-refractivity contribution < 1.29 is 5.11 Å². The van der Waals surface area contributed by atoms with E-state index in [4.69, 9.17) is 11.6 Å². The molecule has 0 aliphatic heterocycles. The maximum atomic E-state index is 9.65. The Balaban J connectivity index is 1.83. The van der Waals surface area contributed by atoms with Crippen molar-refractivity contribution in [3.8, 4) is 0 Å². The highest BCUT2D eigenvalue weighted by molar-refractivity contribution is 6.30. The number of unbranched alkanes of at least 4 members (excludes halogenated alkanes) is 1. The van der Waals surface area contributed by atoms with E-state index in [1.54, 1.807) is 0 Å². The van der Waals surface area contributed by atoms with Gasteiger partial charge in [0.15, 0.2) is 5.15 Å². The molecule has 1 heterocycles. The van der Waals surface area contributed by atoms with E-state index in [9.17, 15) is 5.11 Å². The smallest absolute Gasteiger partial charge is 0.151 e. The first-order valence-corrected chi connectivity index (χ1v) is 7.71. The van der Waals surface area contributed by atoms with Gasteiger partial charge in [0.1, 0.15) is 5.82 Å². The largest absolute Gasteiger partial charge is 0.393 e. The molecular weight excluding hydrogens is 262 g/mol. The molecule has 3 N–H and O–H groups in total. The molecule has 1 aromatic heterocycles. The molecule has 4 nitrogen and oxygen atoms in total. The van der Waals surface area contributed by atoms with Crippen LogP contribution in [0.15, 0.2) is 0 Å². The van der Waals surface area contributed by atoms with Crippen molar-refractivity contribution in [3.05, 3.63) is 16.7 Å². The predicted octanol–water partition coefficient (Wildman–Crippen LogP) is 2.80. The van der Waals surface area contributed by atoms with Crippen LogP contribution in [0.2, 0.25) is 5.15 Å². The normalized spacial score (nSPS) is 23.7. The van der Waals surface area contributed by atoms with Gasteiger partial charge in [-0.15, -0.1) is 0 Å². The quantitative estimate of drug-likeness (QED) is 0.753. The summed E-state index contributed by atoms with van der Waals surface area (Å²) in [7, 11) is 0. The molecule has 1 aromatic rings. The van der Waals surface area contributed by atoms with Gasteiger partial charge in [-0.3, -0.25) is 0 Å². The molecule has 0 spiro atoms. The van der Waals surface area contributed by atoms with E-state index < -0.39 is 0 Å². The zero-order chi connectivity index (χ0) is 13.7. The number of aromatic nitrogens is 2. The fraction of sp³-hybridized carbons (Fsp3) is 0.786. The first kappa shape index (κ1) is 14.8. The SMILES string of the molecule is CCCCc1nc(Cl)c(CNC2CCCC(O)C2)[nH]1. The summed E-state index contributed by atoms with van der Waals surface area (Å²) in [5, 5.41) is 13.7. The van der Waals surface area contributed by atoms with Crippen molar-refractivity contribution >= 4 is 11.6 Å². The molecule has 2 unspecified atom stereocenters. The third-order valence-corrected chi connectivity index (χ3v) is 4.07. The number of aliphatic hydroxyl groups is 1. The highest BCUT2D eigenvalue weighted by atomic mass is 35.5. The lowest BCUT2D eigenvalue weighted by molar-refractivity contribution is 0.111. The van der Waals surface area contributed by atoms with Crippen LogP contribution in [0.4, 0.5) is 0 Å². The van der Waals surface area contributed by atoms with Crippen molar-refractivity contribution in [1.29, 1.82) is 0 Å². The van der Waals surface area contributed by atoms with E-state index in [0.29, 0.717) is 17.7 Å². The average molecular weight is 286 g/mol. The average Bonchev–Trinajstić information content (AvgIpc) is 2.75. The number of nitrogens with zero attached hydrogens (tertiary/aromatic N) is 1. The number of halogens is 1. The molecule has 5 heteroatoms. The second-order valence-corrected chi connectivity index (χ2v) is 5.81. The summed E-state index contributed by atoms with van der Waals surface area (Å²) in [6, 6.07) is 0.391. The molecule has 0 amide bonds. The van der Waals surface area contributed by atoms with Crippen molar-refractivity contribution in [1.82, 2.24) is 15.3 Å². The molecular formula is C14H24ClN3O. The summed E-state index contributed by atoms with van der Waals surface area (Å²) in [4.78, 5) is 7.65. The van der Waals surface area contributed by atoms with Crippen LogP contribution in [-0.2, 0) is 13.0 Å². The molecule has 19 heavy (non-hydrogen) atoms. The maximum absolute atomic E-state index is 9.65. The van der Waals surface area contributed by atoms with E-state index in [0.717, 1.165) is 56.5 Å². The van der Waals surface area contributed by atoms with Crippen LogP contribution in [0.3, 0.4) is 0 Å². The van der Waals surface area contributed by atoms with Gasteiger partial charge in [0, 0.05) is 19.0 Å². The highest BCUT2D eigenvalue weighted by Gasteiger charge is 2.20. The van der Waals surface area contributed by atoms with E-state index in [2.05, 4.69) is 22.2 Å². The highest BCUT2D eigenvalue weighted by Crippen LogP contribution is 2.20. The minimum atomic E-state index is -0.149. The molecule has 2 rings (SSSR count).